The average Bonchev–Trinajstić information content (AvgIpc) is 2.99. The molecule has 6 heteroatoms. The zero-order valence-corrected chi connectivity index (χ0v) is 10.1. The Morgan fingerprint density at radius 1 is 1.37 bits per heavy atom. The van der Waals surface area contributed by atoms with Gasteiger partial charge in [-0.1, -0.05) is 0 Å². The summed E-state index contributed by atoms with van der Waals surface area (Å²) in [5, 5.41) is 6.71. The van der Waals surface area contributed by atoms with Crippen LogP contribution in [-0.4, -0.2) is 16.8 Å². The van der Waals surface area contributed by atoms with Gasteiger partial charge in [0.25, 0.3) is 0 Å². The van der Waals surface area contributed by atoms with Crippen molar-refractivity contribution in [2.75, 3.05) is 12.3 Å². The number of benzene rings is 1. The molecule has 2 aromatic rings. The van der Waals surface area contributed by atoms with Crippen molar-refractivity contribution in [3.05, 3.63) is 35.5 Å². The number of rotatable bonds is 2. The fourth-order valence-corrected chi connectivity index (χ4v) is 2.38. The Hall–Kier alpha value is -1.95. The normalized spacial score (nSPS) is 18.9. The van der Waals surface area contributed by atoms with E-state index in [0.29, 0.717) is 17.9 Å². The van der Waals surface area contributed by atoms with Crippen LogP contribution in [0.25, 0.3) is 11.1 Å². The lowest BCUT2D eigenvalue weighted by atomic mass is 10.0. The molecule has 2 heterocycles. The Labute approximate surface area is 108 Å². The minimum Gasteiger partial charge on any atom is -0.382 e. The Balaban J connectivity index is 2.10. The standard InChI is InChI=1S/C13H13F2N3O/c14-7-3-4-8(9(15)6-7)11-12(17-18-13(11)16)10-2-1-5-19-10/h3-4,6,10H,1-2,5H2,(H3,16,17,18). The van der Waals surface area contributed by atoms with Gasteiger partial charge in [-0.25, -0.2) is 8.78 Å². The van der Waals surface area contributed by atoms with E-state index in [1.54, 1.807) is 0 Å². The number of anilines is 1. The second-order valence-corrected chi connectivity index (χ2v) is 4.52. The van der Waals surface area contributed by atoms with E-state index in [9.17, 15) is 8.78 Å². The zero-order valence-electron chi connectivity index (χ0n) is 10.1. The predicted octanol–water partition coefficient (Wildman–Crippen LogP) is 2.79. The van der Waals surface area contributed by atoms with Crippen molar-refractivity contribution in [3.63, 3.8) is 0 Å². The van der Waals surface area contributed by atoms with Crippen molar-refractivity contribution in [3.8, 4) is 11.1 Å². The Kier molecular flexibility index (Phi) is 2.94. The number of H-pyrrole nitrogens is 1. The van der Waals surface area contributed by atoms with E-state index in [1.165, 1.54) is 12.1 Å². The van der Waals surface area contributed by atoms with Gasteiger partial charge < -0.3 is 10.5 Å². The first kappa shape index (κ1) is 12.1. The van der Waals surface area contributed by atoms with Gasteiger partial charge in [-0.15, -0.1) is 0 Å². The molecule has 3 rings (SSSR count). The van der Waals surface area contributed by atoms with Gasteiger partial charge >= 0.3 is 0 Å². The van der Waals surface area contributed by atoms with Crippen LogP contribution in [0.2, 0.25) is 0 Å². The molecule has 1 aliphatic heterocycles. The Morgan fingerprint density at radius 3 is 2.89 bits per heavy atom. The third-order valence-corrected chi connectivity index (χ3v) is 3.27. The van der Waals surface area contributed by atoms with E-state index in [1.807, 2.05) is 0 Å². The summed E-state index contributed by atoms with van der Waals surface area (Å²) < 4.78 is 32.4. The minimum atomic E-state index is -0.660. The van der Waals surface area contributed by atoms with Gasteiger partial charge in [0.15, 0.2) is 5.82 Å². The molecule has 1 aliphatic rings. The Bertz CT molecular complexity index is 606. The molecule has 0 radical (unpaired) electrons. The topological polar surface area (TPSA) is 63.9 Å². The number of nitrogens with one attached hydrogen (secondary N) is 1. The largest absolute Gasteiger partial charge is 0.382 e. The first-order valence-corrected chi connectivity index (χ1v) is 6.07. The van der Waals surface area contributed by atoms with Crippen molar-refractivity contribution in [2.45, 2.75) is 18.9 Å². The molecule has 19 heavy (non-hydrogen) atoms. The predicted molar refractivity (Wildman–Crippen MR) is 66.3 cm³/mol. The number of aromatic amines is 1. The lowest BCUT2D eigenvalue weighted by Crippen LogP contribution is -2.00. The molecular weight excluding hydrogens is 252 g/mol. The minimum absolute atomic E-state index is 0.163. The molecule has 1 unspecified atom stereocenters. The highest BCUT2D eigenvalue weighted by atomic mass is 19.1. The zero-order chi connectivity index (χ0) is 13.4. The summed E-state index contributed by atoms with van der Waals surface area (Å²) in [5.41, 5.74) is 7.14. The maximum absolute atomic E-state index is 13.9. The fraction of sp³-hybridized carbons (Fsp3) is 0.308. The fourth-order valence-electron chi connectivity index (χ4n) is 2.38. The monoisotopic (exact) mass is 265 g/mol. The highest BCUT2D eigenvalue weighted by Gasteiger charge is 2.26. The molecule has 4 nitrogen and oxygen atoms in total. The van der Waals surface area contributed by atoms with E-state index < -0.39 is 11.6 Å². The first-order chi connectivity index (χ1) is 9.16. The van der Waals surface area contributed by atoms with Crippen LogP contribution in [0.3, 0.4) is 0 Å². The smallest absolute Gasteiger partial charge is 0.153 e. The van der Waals surface area contributed by atoms with Gasteiger partial charge in [-0.05, 0) is 25.0 Å². The van der Waals surface area contributed by atoms with Crippen LogP contribution in [-0.2, 0) is 4.74 Å². The van der Waals surface area contributed by atoms with Gasteiger partial charge in [-0.3, -0.25) is 5.10 Å². The molecule has 0 spiro atoms. The number of hydrogen-bond donors (Lipinski definition) is 2. The average molecular weight is 265 g/mol. The number of nitrogens with two attached hydrogens (primary N) is 1. The molecule has 1 atom stereocenters. The van der Waals surface area contributed by atoms with Crippen LogP contribution in [0.15, 0.2) is 18.2 Å². The highest BCUT2D eigenvalue weighted by Crippen LogP contribution is 2.38. The number of hydrogen-bond acceptors (Lipinski definition) is 3. The molecule has 0 bridgehead atoms. The van der Waals surface area contributed by atoms with Crippen molar-refractivity contribution < 1.29 is 13.5 Å². The van der Waals surface area contributed by atoms with E-state index in [-0.39, 0.29) is 17.5 Å². The van der Waals surface area contributed by atoms with E-state index in [2.05, 4.69) is 10.2 Å². The van der Waals surface area contributed by atoms with Crippen LogP contribution < -0.4 is 5.73 Å². The summed E-state index contributed by atoms with van der Waals surface area (Å²) in [6, 6.07) is 3.40. The molecule has 3 N–H and O–H groups in total. The summed E-state index contributed by atoms with van der Waals surface area (Å²) in [6.45, 7) is 0.662. The van der Waals surface area contributed by atoms with Gasteiger partial charge in [0, 0.05) is 18.2 Å². The van der Waals surface area contributed by atoms with Crippen molar-refractivity contribution in [1.82, 2.24) is 10.2 Å². The van der Waals surface area contributed by atoms with Crippen LogP contribution in [0.4, 0.5) is 14.6 Å². The van der Waals surface area contributed by atoms with Gasteiger partial charge in [0.2, 0.25) is 0 Å². The number of nitrogens with zero attached hydrogens (tertiary/aromatic N) is 1. The summed E-state index contributed by atoms with van der Waals surface area (Å²) in [7, 11) is 0. The lowest BCUT2D eigenvalue weighted by Gasteiger charge is -2.11. The van der Waals surface area contributed by atoms with E-state index in [4.69, 9.17) is 10.5 Å². The highest BCUT2D eigenvalue weighted by molar-refractivity contribution is 5.77. The van der Waals surface area contributed by atoms with E-state index in [0.717, 1.165) is 18.9 Å². The summed E-state index contributed by atoms with van der Waals surface area (Å²) in [4.78, 5) is 0. The van der Waals surface area contributed by atoms with Crippen LogP contribution in [0.5, 0.6) is 0 Å². The van der Waals surface area contributed by atoms with Gasteiger partial charge in [-0.2, -0.15) is 5.10 Å². The lowest BCUT2D eigenvalue weighted by molar-refractivity contribution is 0.109. The quantitative estimate of drug-likeness (QED) is 0.877. The van der Waals surface area contributed by atoms with Crippen molar-refractivity contribution >= 4 is 5.82 Å². The van der Waals surface area contributed by atoms with E-state index >= 15 is 0 Å². The maximum Gasteiger partial charge on any atom is 0.153 e. The molecule has 1 fully saturated rings. The summed E-state index contributed by atoms with van der Waals surface area (Å²) in [5.74, 6) is -1.09. The van der Waals surface area contributed by atoms with Gasteiger partial charge in [0.1, 0.15) is 11.6 Å². The SMILES string of the molecule is Nc1n[nH]c(C2CCCO2)c1-c1ccc(F)cc1F. The van der Waals surface area contributed by atoms with Crippen molar-refractivity contribution in [2.24, 2.45) is 0 Å². The number of halogens is 2. The summed E-state index contributed by atoms with van der Waals surface area (Å²) >= 11 is 0. The van der Waals surface area contributed by atoms with Crippen LogP contribution >= 0.6 is 0 Å². The molecule has 0 amide bonds. The molecule has 0 saturated carbocycles. The van der Waals surface area contributed by atoms with Crippen LogP contribution in [0, 0.1) is 11.6 Å². The molecular formula is C13H13F2N3O. The third-order valence-electron chi connectivity index (χ3n) is 3.27. The maximum atomic E-state index is 13.9. The molecule has 1 saturated heterocycles. The number of ether oxygens (including phenoxy) is 1. The third kappa shape index (κ3) is 2.08. The summed E-state index contributed by atoms with van der Waals surface area (Å²) in [6.07, 6.45) is 1.61. The van der Waals surface area contributed by atoms with Gasteiger partial charge in [0.05, 0.1) is 17.4 Å². The molecule has 1 aromatic heterocycles. The first-order valence-electron chi connectivity index (χ1n) is 6.07. The second kappa shape index (κ2) is 4.62. The second-order valence-electron chi connectivity index (χ2n) is 4.52. The molecule has 0 aliphatic carbocycles. The molecule has 1 aromatic carbocycles. The van der Waals surface area contributed by atoms with Crippen molar-refractivity contribution in [1.29, 1.82) is 0 Å². The Morgan fingerprint density at radius 2 is 2.21 bits per heavy atom. The number of aromatic nitrogens is 2. The van der Waals surface area contributed by atoms with Crippen LogP contribution in [0.1, 0.15) is 24.6 Å². The molecule has 100 valence electrons. The number of nitrogen functional groups attached to an aromatic ring is 1.